The Morgan fingerprint density at radius 3 is 2.34 bits per heavy atom. The van der Waals surface area contributed by atoms with Crippen molar-refractivity contribution < 1.29 is 28.4 Å². The van der Waals surface area contributed by atoms with Crippen molar-refractivity contribution in [3.8, 4) is 5.75 Å². The predicted molar refractivity (Wildman–Crippen MR) is 124 cm³/mol. The molecule has 1 heterocycles. The van der Waals surface area contributed by atoms with Crippen molar-refractivity contribution in [2.24, 2.45) is 0 Å². The molecule has 3 aromatic carbocycles. The Labute approximate surface area is 202 Å². The molecule has 0 aliphatic carbocycles. The summed E-state index contributed by atoms with van der Waals surface area (Å²) < 4.78 is 18.7. The van der Waals surface area contributed by atoms with E-state index in [0.717, 1.165) is 17.7 Å². The van der Waals surface area contributed by atoms with Gasteiger partial charge in [0.1, 0.15) is 23.7 Å². The van der Waals surface area contributed by atoms with Crippen LogP contribution < -0.4 is 15.0 Å². The lowest BCUT2D eigenvalue weighted by Gasteiger charge is -2.26. The second kappa shape index (κ2) is 9.74. The van der Waals surface area contributed by atoms with E-state index in [2.05, 4.69) is 5.32 Å². The summed E-state index contributed by atoms with van der Waals surface area (Å²) in [6, 6.07) is 14.1. The molecular formula is C24H15ClFN3O6. The largest absolute Gasteiger partial charge is 0.487 e. The topological polar surface area (TPSA) is 119 Å². The number of nitro groups is 1. The molecule has 0 unspecified atom stereocenters. The first-order chi connectivity index (χ1) is 16.7. The molecule has 1 aliphatic rings. The Hall–Kier alpha value is -4.57. The molecule has 4 rings (SSSR count). The average Bonchev–Trinajstić information content (AvgIpc) is 2.82. The summed E-state index contributed by atoms with van der Waals surface area (Å²) in [4.78, 5) is 48.5. The first kappa shape index (κ1) is 23.6. The van der Waals surface area contributed by atoms with Crippen LogP contribution in [0.2, 0.25) is 5.02 Å². The number of amides is 4. The van der Waals surface area contributed by atoms with E-state index in [0.29, 0.717) is 16.2 Å². The fraction of sp³-hybridized carbons (Fsp3) is 0.0417. The van der Waals surface area contributed by atoms with Gasteiger partial charge >= 0.3 is 6.03 Å². The summed E-state index contributed by atoms with van der Waals surface area (Å²) in [5, 5.41) is 13.1. The summed E-state index contributed by atoms with van der Waals surface area (Å²) in [6.45, 7) is 0.146. The van der Waals surface area contributed by atoms with Gasteiger partial charge in [-0.3, -0.25) is 25.0 Å². The normalized spacial score (nSPS) is 14.7. The van der Waals surface area contributed by atoms with Crippen molar-refractivity contribution >= 4 is 46.9 Å². The van der Waals surface area contributed by atoms with Gasteiger partial charge in [0.25, 0.3) is 17.5 Å². The predicted octanol–water partition coefficient (Wildman–Crippen LogP) is 4.63. The number of imide groups is 2. The zero-order chi connectivity index (χ0) is 25.1. The molecule has 1 fully saturated rings. The van der Waals surface area contributed by atoms with Gasteiger partial charge in [-0.15, -0.1) is 0 Å². The number of carbonyl (C=O) groups is 3. The van der Waals surface area contributed by atoms with Crippen molar-refractivity contribution in [3.05, 3.63) is 104 Å². The van der Waals surface area contributed by atoms with Gasteiger partial charge in [-0.2, -0.15) is 0 Å². The number of benzene rings is 3. The van der Waals surface area contributed by atoms with Gasteiger partial charge in [0, 0.05) is 12.1 Å². The maximum Gasteiger partial charge on any atom is 0.335 e. The van der Waals surface area contributed by atoms with Crippen LogP contribution in [0.25, 0.3) is 6.08 Å². The second-order valence-electron chi connectivity index (χ2n) is 7.34. The van der Waals surface area contributed by atoms with E-state index >= 15 is 0 Å². The second-order valence-corrected chi connectivity index (χ2v) is 7.74. The van der Waals surface area contributed by atoms with Crippen LogP contribution in [0.1, 0.15) is 11.1 Å². The van der Waals surface area contributed by atoms with Crippen LogP contribution >= 0.6 is 11.6 Å². The van der Waals surface area contributed by atoms with Crippen LogP contribution in [0.15, 0.2) is 72.3 Å². The van der Waals surface area contributed by atoms with Crippen LogP contribution in [0.3, 0.4) is 0 Å². The number of carbonyl (C=O) groups excluding carboxylic acids is 3. The number of nitrogens with zero attached hydrogens (tertiary/aromatic N) is 2. The lowest BCUT2D eigenvalue weighted by atomic mass is 10.1. The number of non-ortho nitro benzene ring substituents is 1. The van der Waals surface area contributed by atoms with Gasteiger partial charge in [-0.25, -0.2) is 14.1 Å². The van der Waals surface area contributed by atoms with E-state index in [1.165, 1.54) is 36.4 Å². The lowest BCUT2D eigenvalue weighted by Crippen LogP contribution is -2.54. The smallest absolute Gasteiger partial charge is 0.335 e. The molecule has 0 spiro atoms. The Morgan fingerprint density at radius 1 is 1.03 bits per heavy atom. The van der Waals surface area contributed by atoms with E-state index in [4.69, 9.17) is 16.3 Å². The third kappa shape index (κ3) is 5.17. The minimum Gasteiger partial charge on any atom is -0.487 e. The molecule has 3 aromatic rings. The fourth-order valence-electron chi connectivity index (χ4n) is 3.25. The van der Waals surface area contributed by atoms with Crippen molar-refractivity contribution in [1.82, 2.24) is 5.32 Å². The van der Waals surface area contributed by atoms with Gasteiger partial charge < -0.3 is 4.74 Å². The molecule has 1 saturated heterocycles. The van der Waals surface area contributed by atoms with E-state index < -0.39 is 22.8 Å². The van der Waals surface area contributed by atoms with E-state index in [-0.39, 0.29) is 34.4 Å². The molecule has 176 valence electrons. The number of barbiturate groups is 1. The van der Waals surface area contributed by atoms with Crippen molar-refractivity contribution in [2.45, 2.75) is 6.61 Å². The quantitative estimate of drug-likeness (QED) is 0.230. The molecule has 1 aliphatic heterocycles. The van der Waals surface area contributed by atoms with Crippen LogP contribution in [-0.4, -0.2) is 22.8 Å². The van der Waals surface area contributed by atoms with Crippen molar-refractivity contribution in [1.29, 1.82) is 0 Å². The first-order valence-electron chi connectivity index (χ1n) is 10.1. The Bertz CT molecular complexity index is 1370. The zero-order valence-corrected chi connectivity index (χ0v) is 18.5. The SMILES string of the molecule is O=C1NC(=O)N(c2ccc([N+](=O)[O-])cc2)C(=O)/C1=C/c1ccc(OCc2ccc(F)cc2)c(Cl)c1. The van der Waals surface area contributed by atoms with Gasteiger partial charge in [-0.05, 0) is 53.6 Å². The van der Waals surface area contributed by atoms with E-state index in [1.807, 2.05) is 0 Å². The molecular weight excluding hydrogens is 481 g/mol. The minimum absolute atomic E-state index is 0.0547. The molecule has 1 N–H and O–H groups in total. The number of urea groups is 1. The van der Waals surface area contributed by atoms with Crippen LogP contribution in [-0.2, 0) is 16.2 Å². The Kier molecular flexibility index (Phi) is 6.56. The van der Waals surface area contributed by atoms with Crippen molar-refractivity contribution in [3.63, 3.8) is 0 Å². The highest BCUT2D eigenvalue weighted by Gasteiger charge is 2.37. The summed E-state index contributed by atoms with van der Waals surface area (Å²) in [5.41, 5.74) is 0.620. The number of hydrogen-bond donors (Lipinski definition) is 1. The highest BCUT2D eigenvalue weighted by molar-refractivity contribution is 6.39. The molecule has 0 saturated carbocycles. The summed E-state index contributed by atoms with van der Waals surface area (Å²) >= 11 is 6.28. The van der Waals surface area contributed by atoms with Gasteiger partial charge in [-0.1, -0.05) is 29.8 Å². The van der Waals surface area contributed by atoms with Gasteiger partial charge in [0.2, 0.25) is 0 Å². The average molecular weight is 496 g/mol. The first-order valence-corrected chi connectivity index (χ1v) is 10.4. The number of rotatable bonds is 6. The molecule has 0 radical (unpaired) electrons. The maximum atomic E-state index is 13.0. The lowest BCUT2D eigenvalue weighted by molar-refractivity contribution is -0.384. The molecule has 9 nitrogen and oxygen atoms in total. The third-order valence-corrected chi connectivity index (χ3v) is 5.29. The van der Waals surface area contributed by atoms with Crippen LogP contribution in [0.4, 0.5) is 20.6 Å². The standard InChI is InChI=1S/C24H15ClFN3O6/c25-20-12-15(3-10-21(20)35-13-14-1-4-16(26)5-2-14)11-19-22(30)27-24(32)28(23(19)31)17-6-8-18(9-7-17)29(33)34/h1-12H,13H2,(H,27,30,32)/b19-11+. The van der Waals surface area contributed by atoms with E-state index in [9.17, 15) is 28.9 Å². The molecule has 0 aromatic heterocycles. The van der Waals surface area contributed by atoms with Crippen LogP contribution in [0.5, 0.6) is 5.75 Å². The molecule has 0 bridgehead atoms. The summed E-state index contributed by atoms with van der Waals surface area (Å²) in [5.74, 6) is -1.83. The zero-order valence-electron chi connectivity index (χ0n) is 17.7. The highest BCUT2D eigenvalue weighted by Crippen LogP contribution is 2.29. The number of halogens is 2. The third-order valence-electron chi connectivity index (χ3n) is 4.99. The maximum absolute atomic E-state index is 13.0. The monoisotopic (exact) mass is 495 g/mol. The minimum atomic E-state index is -0.978. The number of hydrogen-bond acceptors (Lipinski definition) is 6. The Balaban J connectivity index is 1.55. The van der Waals surface area contributed by atoms with Crippen molar-refractivity contribution in [2.75, 3.05) is 4.90 Å². The van der Waals surface area contributed by atoms with Crippen LogP contribution in [0, 0.1) is 15.9 Å². The van der Waals surface area contributed by atoms with Gasteiger partial charge in [0.15, 0.2) is 0 Å². The molecule has 11 heteroatoms. The Morgan fingerprint density at radius 2 is 1.71 bits per heavy atom. The number of nitrogens with one attached hydrogen (secondary N) is 1. The summed E-state index contributed by atoms with van der Waals surface area (Å²) in [6.07, 6.45) is 1.26. The fourth-order valence-corrected chi connectivity index (χ4v) is 3.49. The van der Waals surface area contributed by atoms with E-state index in [1.54, 1.807) is 24.3 Å². The van der Waals surface area contributed by atoms with Gasteiger partial charge in [0.05, 0.1) is 15.6 Å². The number of nitro benzene ring substituents is 1. The number of ether oxygens (including phenoxy) is 1. The molecule has 35 heavy (non-hydrogen) atoms. The summed E-state index contributed by atoms with van der Waals surface area (Å²) in [7, 11) is 0. The molecule has 4 amide bonds. The highest BCUT2D eigenvalue weighted by atomic mass is 35.5. The molecule has 0 atom stereocenters. The number of anilines is 1.